The van der Waals surface area contributed by atoms with Gasteiger partial charge in [-0.05, 0) is 71.8 Å². The molecule has 0 spiro atoms. The van der Waals surface area contributed by atoms with E-state index in [0.717, 1.165) is 0 Å². The first-order chi connectivity index (χ1) is 17.5. The van der Waals surface area contributed by atoms with Crippen LogP contribution in [0.3, 0.4) is 0 Å². The van der Waals surface area contributed by atoms with Gasteiger partial charge in [-0.1, -0.05) is 6.07 Å². The summed E-state index contributed by atoms with van der Waals surface area (Å²) >= 11 is 0. The fourth-order valence-corrected chi connectivity index (χ4v) is 4.67. The van der Waals surface area contributed by atoms with E-state index in [-0.39, 0.29) is 16.9 Å². The van der Waals surface area contributed by atoms with Crippen molar-refractivity contribution in [2.75, 3.05) is 7.11 Å². The highest BCUT2D eigenvalue weighted by Gasteiger charge is 2.21. The Kier molecular flexibility index (Phi) is 6.80. The predicted octanol–water partition coefficient (Wildman–Crippen LogP) is 3.82. The van der Waals surface area contributed by atoms with Crippen LogP contribution in [-0.2, 0) is 17.2 Å². The van der Waals surface area contributed by atoms with Gasteiger partial charge in [0.25, 0.3) is 0 Å². The lowest BCUT2D eigenvalue weighted by Crippen LogP contribution is -2.34. The molecule has 3 aromatic carbocycles. The molecule has 0 aliphatic carbocycles. The third-order valence-corrected chi connectivity index (χ3v) is 6.79. The molecule has 0 amide bonds. The number of hydrogen-bond donors (Lipinski definition) is 2. The van der Waals surface area contributed by atoms with Gasteiger partial charge in [0.1, 0.15) is 22.9 Å². The second-order valence-corrected chi connectivity index (χ2v) is 9.51. The lowest BCUT2D eigenvalue weighted by atomic mass is 9.98. The number of nitrogens with zero attached hydrogens (tertiary/aromatic N) is 1. The molecule has 37 heavy (non-hydrogen) atoms. The summed E-state index contributed by atoms with van der Waals surface area (Å²) in [6.07, 6.45) is 0. The standard InChI is InChI=1S/C27H21NO8S/c1-28-22(16-3-7-18(8-4-16)26(29)30)13-21(14-23(28)17-5-9-19(10-6-17)27(31)32)20-11-12-24(36-2)25(15-20)37(33,34)35/h3-15H,1-2H3,(H2-,29,30,31,32,33,34,35). The molecule has 0 atom stereocenters. The molecule has 9 nitrogen and oxygen atoms in total. The van der Waals surface area contributed by atoms with Crippen LogP contribution in [0.5, 0.6) is 5.75 Å². The second-order valence-electron chi connectivity index (χ2n) is 8.16. The fraction of sp³-hybridized carbons (Fsp3) is 0.0741. The Morgan fingerprint density at radius 3 is 1.54 bits per heavy atom. The number of carboxylic acids is 2. The predicted molar refractivity (Wildman–Crippen MR) is 132 cm³/mol. The average molecular weight is 520 g/mol. The number of aromatic carboxylic acids is 2. The monoisotopic (exact) mass is 519 g/mol. The SMILES string of the molecule is COc1ccc(-c2cc(-c3ccc(C(=O)O)cc3)[n+](C)c(-c3ccc(C(=O)O)cc3)c2)cc1S(=O)(=O)[O-]. The number of aromatic nitrogens is 1. The Hall–Kier alpha value is -4.54. The van der Waals surface area contributed by atoms with E-state index in [2.05, 4.69) is 0 Å². The largest absolute Gasteiger partial charge is 0.744 e. The van der Waals surface area contributed by atoms with Crippen molar-refractivity contribution < 1.29 is 42.1 Å². The van der Waals surface area contributed by atoms with E-state index in [1.54, 1.807) is 49.5 Å². The normalized spacial score (nSPS) is 11.2. The topological polar surface area (TPSA) is 145 Å². The van der Waals surface area contributed by atoms with Gasteiger partial charge >= 0.3 is 11.9 Å². The van der Waals surface area contributed by atoms with Gasteiger partial charge in [-0.15, -0.1) is 0 Å². The third kappa shape index (κ3) is 5.20. The number of carbonyl (C=O) groups is 2. The number of hydrogen-bond acceptors (Lipinski definition) is 6. The molecule has 0 saturated carbocycles. The van der Waals surface area contributed by atoms with Crippen LogP contribution in [0.25, 0.3) is 33.6 Å². The molecule has 2 N–H and O–H groups in total. The molecular formula is C27H21NO8S. The molecule has 0 fully saturated rings. The van der Waals surface area contributed by atoms with Gasteiger partial charge in [0.2, 0.25) is 11.4 Å². The van der Waals surface area contributed by atoms with Crippen LogP contribution >= 0.6 is 0 Å². The van der Waals surface area contributed by atoms with Crippen molar-refractivity contribution in [3.63, 3.8) is 0 Å². The molecule has 0 saturated heterocycles. The van der Waals surface area contributed by atoms with Crippen LogP contribution in [0.1, 0.15) is 20.7 Å². The Labute approximate surface area is 212 Å². The number of pyridine rings is 1. The van der Waals surface area contributed by atoms with Crippen LogP contribution in [-0.4, -0.2) is 42.2 Å². The molecule has 0 radical (unpaired) electrons. The van der Waals surface area contributed by atoms with Crippen molar-refractivity contribution >= 4 is 22.1 Å². The minimum atomic E-state index is -4.83. The Balaban J connectivity index is 1.97. The van der Waals surface area contributed by atoms with Crippen molar-refractivity contribution in [2.24, 2.45) is 7.05 Å². The van der Waals surface area contributed by atoms with Crippen molar-refractivity contribution in [3.05, 3.63) is 90.0 Å². The highest BCUT2D eigenvalue weighted by Crippen LogP contribution is 2.33. The maximum atomic E-state index is 11.9. The summed E-state index contributed by atoms with van der Waals surface area (Å²) in [6, 6.07) is 20.3. The highest BCUT2D eigenvalue weighted by atomic mass is 32.2. The minimum Gasteiger partial charge on any atom is -0.744 e. The fourth-order valence-electron chi connectivity index (χ4n) is 4.00. The summed E-state index contributed by atoms with van der Waals surface area (Å²) in [7, 11) is -1.76. The van der Waals surface area contributed by atoms with Crippen molar-refractivity contribution in [1.82, 2.24) is 0 Å². The van der Waals surface area contributed by atoms with E-state index in [9.17, 15) is 32.8 Å². The maximum absolute atomic E-state index is 11.9. The van der Waals surface area contributed by atoms with E-state index in [1.165, 1.54) is 43.5 Å². The Morgan fingerprint density at radius 2 is 1.16 bits per heavy atom. The number of rotatable bonds is 7. The van der Waals surface area contributed by atoms with Crippen LogP contribution in [0.2, 0.25) is 0 Å². The van der Waals surface area contributed by atoms with E-state index in [4.69, 9.17) is 4.74 Å². The molecule has 0 unspecified atom stereocenters. The minimum absolute atomic E-state index is 0.0748. The molecule has 0 aliphatic heterocycles. The van der Waals surface area contributed by atoms with E-state index in [0.29, 0.717) is 33.6 Å². The second kappa shape index (κ2) is 9.84. The van der Waals surface area contributed by atoms with E-state index < -0.39 is 27.0 Å². The quantitative estimate of drug-likeness (QED) is 0.277. The molecule has 1 aromatic heterocycles. The van der Waals surface area contributed by atoms with Gasteiger partial charge in [-0.2, -0.15) is 4.57 Å². The summed E-state index contributed by atoms with van der Waals surface area (Å²) in [5.74, 6) is -2.20. The summed E-state index contributed by atoms with van der Waals surface area (Å²) in [4.78, 5) is 22.1. The molecule has 0 bridgehead atoms. The lowest BCUT2D eigenvalue weighted by molar-refractivity contribution is -0.649. The number of methoxy groups -OCH3 is 1. The highest BCUT2D eigenvalue weighted by molar-refractivity contribution is 7.85. The molecule has 0 aliphatic rings. The van der Waals surface area contributed by atoms with Crippen molar-refractivity contribution in [3.8, 4) is 39.4 Å². The molecule has 10 heteroatoms. The van der Waals surface area contributed by atoms with Crippen LogP contribution in [0.4, 0.5) is 0 Å². The number of benzene rings is 3. The summed E-state index contributed by atoms with van der Waals surface area (Å²) in [5.41, 5.74) is 3.93. The van der Waals surface area contributed by atoms with Gasteiger partial charge in [-0.25, -0.2) is 18.0 Å². The van der Waals surface area contributed by atoms with Crippen molar-refractivity contribution in [1.29, 1.82) is 0 Å². The molecule has 1 heterocycles. The molecular weight excluding hydrogens is 498 g/mol. The molecule has 188 valence electrons. The summed E-state index contributed by atoms with van der Waals surface area (Å²) in [6.45, 7) is 0. The zero-order valence-corrected chi connectivity index (χ0v) is 20.5. The third-order valence-electron chi connectivity index (χ3n) is 5.93. The molecule has 4 aromatic rings. The van der Waals surface area contributed by atoms with Crippen molar-refractivity contribution in [2.45, 2.75) is 4.90 Å². The first kappa shape index (κ1) is 25.5. The lowest BCUT2D eigenvalue weighted by Gasteiger charge is -2.15. The average Bonchev–Trinajstić information content (AvgIpc) is 2.88. The van der Waals surface area contributed by atoms with E-state index >= 15 is 0 Å². The Morgan fingerprint density at radius 1 is 0.730 bits per heavy atom. The summed E-state index contributed by atoms with van der Waals surface area (Å²) in [5, 5.41) is 18.5. The Bertz CT molecular complexity index is 1550. The van der Waals surface area contributed by atoms with Crippen LogP contribution in [0.15, 0.2) is 83.8 Å². The van der Waals surface area contributed by atoms with E-state index in [1.807, 2.05) is 4.57 Å². The van der Waals surface area contributed by atoms with Gasteiger partial charge in [0, 0.05) is 23.3 Å². The zero-order valence-electron chi connectivity index (χ0n) is 19.7. The van der Waals surface area contributed by atoms with Gasteiger partial charge in [0.05, 0.1) is 23.1 Å². The number of ether oxygens (including phenoxy) is 1. The van der Waals surface area contributed by atoms with Gasteiger partial charge in [-0.3, -0.25) is 0 Å². The van der Waals surface area contributed by atoms with Gasteiger partial charge < -0.3 is 19.5 Å². The van der Waals surface area contributed by atoms with Crippen LogP contribution in [0, 0.1) is 0 Å². The molecule has 4 rings (SSSR count). The first-order valence-corrected chi connectivity index (χ1v) is 12.3. The first-order valence-electron chi connectivity index (χ1n) is 10.9. The summed E-state index contributed by atoms with van der Waals surface area (Å²) < 4.78 is 42.5. The number of carboxylic acid groups (broad SMARTS) is 2. The van der Waals surface area contributed by atoms with Gasteiger partial charge in [0.15, 0.2) is 0 Å². The zero-order chi connectivity index (χ0) is 26.9. The maximum Gasteiger partial charge on any atom is 0.335 e. The van der Waals surface area contributed by atoms with Crippen LogP contribution < -0.4 is 9.30 Å². The smallest absolute Gasteiger partial charge is 0.335 e.